The number of carbonyl (C=O) groups is 1. The number of hydrogen-bond acceptors (Lipinski definition) is 4. The molecule has 1 aliphatic rings. The molecule has 1 aromatic heterocycles. The summed E-state index contributed by atoms with van der Waals surface area (Å²) in [5, 5.41) is 19.7. The highest BCUT2D eigenvalue weighted by Crippen LogP contribution is 2.27. The van der Waals surface area contributed by atoms with Crippen molar-refractivity contribution >= 4 is 5.97 Å². The largest absolute Gasteiger partial charge is 0.476 e. The predicted molar refractivity (Wildman–Crippen MR) is 75.6 cm³/mol. The summed E-state index contributed by atoms with van der Waals surface area (Å²) in [6.07, 6.45) is 9.30. The average Bonchev–Trinajstić information content (AvgIpc) is 2.90. The Kier molecular flexibility index (Phi) is 5.52. The standard InChI is InChI=1S/C14H24N4O2/c1-2-3-11-4-6-12(7-5-11)15-8-9-18-10-13(14(19)20)16-17-18/h10-12,15H,2-9H2,1H3,(H,19,20). The third-order valence-corrected chi connectivity index (χ3v) is 4.08. The molecule has 0 aliphatic heterocycles. The lowest BCUT2D eigenvalue weighted by Gasteiger charge is -2.29. The van der Waals surface area contributed by atoms with E-state index in [1.807, 2.05) is 0 Å². The van der Waals surface area contributed by atoms with Crippen LogP contribution in [-0.2, 0) is 6.54 Å². The van der Waals surface area contributed by atoms with Crippen LogP contribution in [0.1, 0.15) is 55.9 Å². The number of nitrogens with one attached hydrogen (secondary N) is 1. The molecule has 0 unspecified atom stereocenters. The van der Waals surface area contributed by atoms with Crippen LogP contribution < -0.4 is 5.32 Å². The van der Waals surface area contributed by atoms with Gasteiger partial charge in [0, 0.05) is 12.6 Å². The Labute approximate surface area is 119 Å². The van der Waals surface area contributed by atoms with Gasteiger partial charge >= 0.3 is 5.97 Å². The van der Waals surface area contributed by atoms with Crippen LogP contribution in [0, 0.1) is 5.92 Å². The van der Waals surface area contributed by atoms with Crippen molar-refractivity contribution in [2.45, 2.75) is 58.0 Å². The molecule has 20 heavy (non-hydrogen) atoms. The number of aromatic carboxylic acids is 1. The van der Waals surface area contributed by atoms with E-state index in [-0.39, 0.29) is 5.69 Å². The summed E-state index contributed by atoms with van der Waals surface area (Å²) in [6, 6.07) is 0.602. The smallest absolute Gasteiger partial charge is 0.358 e. The van der Waals surface area contributed by atoms with Crippen molar-refractivity contribution in [2.24, 2.45) is 5.92 Å². The van der Waals surface area contributed by atoms with Gasteiger partial charge in [-0.25, -0.2) is 4.79 Å². The summed E-state index contributed by atoms with van der Waals surface area (Å²) in [4.78, 5) is 10.7. The van der Waals surface area contributed by atoms with Crippen molar-refractivity contribution in [1.82, 2.24) is 20.3 Å². The highest BCUT2D eigenvalue weighted by Gasteiger charge is 2.19. The van der Waals surface area contributed by atoms with Crippen LogP contribution in [0.4, 0.5) is 0 Å². The zero-order chi connectivity index (χ0) is 14.4. The fourth-order valence-corrected chi connectivity index (χ4v) is 2.95. The number of hydrogen-bond donors (Lipinski definition) is 2. The van der Waals surface area contributed by atoms with E-state index in [1.54, 1.807) is 4.68 Å². The number of aromatic nitrogens is 3. The summed E-state index contributed by atoms with van der Waals surface area (Å²) in [5.41, 5.74) is 0.00470. The average molecular weight is 280 g/mol. The van der Waals surface area contributed by atoms with Gasteiger partial charge in [-0.3, -0.25) is 4.68 Å². The first-order chi connectivity index (χ1) is 9.69. The van der Waals surface area contributed by atoms with Crippen LogP contribution in [-0.4, -0.2) is 38.7 Å². The van der Waals surface area contributed by atoms with Gasteiger partial charge in [-0.15, -0.1) is 5.10 Å². The second-order valence-corrected chi connectivity index (χ2v) is 5.63. The first kappa shape index (κ1) is 15.0. The molecule has 0 spiro atoms. The fraction of sp³-hybridized carbons (Fsp3) is 0.786. The molecule has 2 N–H and O–H groups in total. The molecular weight excluding hydrogens is 256 g/mol. The third-order valence-electron chi connectivity index (χ3n) is 4.08. The predicted octanol–water partition coefficient (Wildman–Crippen LogP) is 1.92. The molecule has 0 aromatic carbocycles. The Morgan fingerprint density at radius 1 is 1.45 bits per heavy atom. The van der Waals surface area contributed by atoms with Crippen molar-refractivity contribution in [3.8, 4) is 0 Å². The minimum absolute atomic E-state index is 0.00470. The van der Waals surface area contributed by atoms with Crippen LogP contribution in [0.2, 0.25) is 0 Å². The molecule has 0 saturated heterocycles. The molecule has 0 radical (unpaired) electrons. The second-order valence-electron chi connectivity index (χ2n) is 5.63. The Morgan fingerprint density at radius 3 is 2.80 bits per heavy atom. The van der Waals surface area contributed by atoms with Gasteiger partial charge in [0.1, 0.15) is 0 Å². The van der Waals surface area contributed by atoms with E-state index in [9.17, 15) is 4.79 Å². The van der Waals surface area contributed by atoms with Crippen LogP contribution in [0.3, 0.4) is 0 Å². The van der Waals surface area contributed by atoms with Crippen LogP contribution in [0.15, 0.2) is 6.20 Å². The minimum atomic E-state index is -1.03. The Balaban J connectivity index is 1.65. The van der Waals surface area contributed by atoms with E-state index < -0.39 is 5.97 Å². The quantitative estimate of drug-likeness (QED) is 0.797. The summed E-state index contributed by atoms with van der Waals surface area (Å²) < 4.78 is 1.58. The normalized spacial score (nSPS) is 22.9. The van der Waals surface area contributed by atoms with Crippen molar-refractivity contribution in [2.75, 3.05) is 6.54 Å². The van der Waals surface area contributed by atoms with E-state index >= 15 is 0 Å². The maximum absolute atomic E-state index is 10.7. The lowest BCUT2D eigenvalue weighted by molar-refractivity contribution is 0.0690. The summed E-state index contributed by atoms with van der Waals surface area (Å²) in [6.45, 7) is 3.73. The number of carboxylic acid groups (broad SMARTS) is 1. The van der Waals surface area contributed by atoms with E-state index in [4.69, 9.17) is 5.11 Å². The van der Waals surface area contributed by atoms with Gasteiger partial charge in [0.05, 0.1) is 12.7 Å². The van der Waals surface area contributed by atoms with Crippen molar-refractivity contribution in [1.29, 1.82) is 0 Å². The lowest BCUT2D eigenvalue weighted by Crippen LogP contribution is -2.35. The molecule has 1 aromatic rings. The van der Waals surface area contributed by atoms with E-state index in [1.165, 1.54) is 44.7 Å². The van der Waals surface area contributed by atoms with Crippen molar-refractivity contribution < 1.29 is 9.90 Å². The van der Waals surface area contributed by atoms with E-state index in [0.29, 0.717) is 12.6 Å². The second kappa shape index (κ2) is 7.38. The summed E-state index contributed by atoms with van der Waals surface area (Å²) in [5.74, 6) is -0.107. The maximum Gasteiger partial charge on any atom is 0.358 e. The van der Waals surface area contributed by atoms with Crippen molar-refractivity contribution in [3.05, 3.63) is 11.9 Å². The molecule has 0 bridgehead atoms. The molecule has 6 heteroatoms. The van der Waals surface area contributed by atoms with Gasteiger partial charge in [0.25, 0.3) is 0 Å². The zero-order valence-electron chi connectivity index (χ0n) is 12.1. The van der Waals surface area contributed by atoms with Gasteiger partial charge in [-0.2, -0.15) is 0 Å². The van der Waals surface area contributed by atoms with E-state index in [0.717, 1.165) is 12.5 Å². The van der Waals surface area contributed by atoms with Crippen molar-refractivity contribution in [3.63, 3.8) is 0 Å². The molecule has 0 amide bonds. The molecule has 112 valence electrons. The Hall–Kier alpha value is -1.43. The minimum Gasteiger partial charge on any atom is -0.476 e. The Morgan fingerprint density at radius 2 is 2.20 bits per heavy atom. The van der Waals surface area contributed by atoms with E-state index in [2.05, 4.69) is 22.6 Å². The summed E-state index contributed by atoms with van der Waals surface area (Å²) in [7, 11) is 0. The van der Waals surface area contributed by atoms with Crippen LogP contribution in [0.5, 0.6) is 0 Å². The first-order valence-electron chi connectivity index (χ1n) is 7.56. The van der Waals surface area contributed by atoms with Crippen LogP contribution in [0.25, 0.3) is 0 Å². The van der Waals surface area contributed by atoms with Gasteiger partial charge in [0.2, 0.25) is 0 Å². The number of nitrogens with zero attached hydrogens (tertiary/aromatic N) is 3. The molecule has 1 heterocycles. The molecule has 1 aliphatic carbocycles. The van der Waals surface area contributed by atoms with Gasteiger partial charge in [0.15, 0.2) is 5.69 Å². The lowest BCUT2D eigenvalue weighted by atomic mass is 9.83. The first-order valence-corrected chi connectivity index (χ1v) is 7.56. The third kappa shape index (κ3) is 4.30. The highest BCUT2D eigenvalue weighted by molar-refractivity contribution is 5.84. The molecular formula is C14H24N4O2. The molecule has 6 nitrogen and oxygen atoms in total. The number of carboxylic acids is 1. The fourth-order valence-electron chi connectivity index (χ4n) is 2.95. The van der Waals surface area contributed by atoms with Crippen LogP contribution >= 0.6 is 0 Å². The Bertz CT molecular complexity index is 425. The topological polar surface area (TPSA) is 80.0 Å². The molecule has 1 saturated carbocycles. The summed E-state index contributed by atoms with van der Waals surface area (Å²) >= 11 is 0. The molecule has 2 rings (SSSR count). The monoisotopic (exact) mass is 280 g/mol. The SMILES string of the molecule is CCCC1CCC(NCCn2cc(C(=O)O)nn2)CC1. The number of rotatable bonds is 7. The van der Waals surface area contributed by atoms with Gasteiger partial charge in [-0.05, 0) is 31.6 Å². The van der Waals surface area contributed by atoms with Gasteiger partial charge in [-0.1, -0.05) is 25.0 Å². The highest BCUT2D eigenvalue weighted by atomic mass is 16.4. The molecule has 0 atom stereocenters. The van der Waals surface area contributed by atoms with Gasteiger partial charge < -0.3 is 10.4 Å². The zero-order valence-corrected chi connectivity index (χ0v) is 12.1. The maximum atomic E-state index is 10.7. The molecule has 1 fully saturated rings.